The largest absolute Gasteiger partial charge is 0.490 e. The van der Waals surface area contributed by atoms with E-state index in [0.29, 0.717) is 19.3 Å². The summed E-state index contributed by atoms with van der Waals surface area (Å²) in [6.07, 6.45) is 2.66. The van der Waals surface area contributed by atoms with Gasteiger partial charge in [0.25, 0.3) is 0 Å². The summed E-state index contributed by atoms with van der Waals surface area (Å²) in [5.74, 6) is -0.669. The molecule has 3 nitrogen and oxygen atoms in total. The number of rotatable bonds is 8. The Bertz CT molecular complexity index is 418. The molecular formula is C15H21FO3. The van der Waals surface area contributed by atoms with E-state index in [0.717, 1.165) is 19.3 Å². The minimum atomic E-state index is -0.862. The Morgan fingerprint density at radius 1 is 1.37 bits per heavy atom. The van der Waals surface area contributed by atoms with Gasteiger partial charge in [0.05, 0.1) is 18.3 Å². The first-order valence-corrected chi connectivity index (χ1v) is 6.74. The van der Waals surface area contributed by atoms with Gasteiger partial charge in [-0.05, 0) is 18.9 Å². The molecule has 0 aliphatic heterocycles. The van der Waals surface area contributed by atoms with E-state index in [2.05, 4.69) is 0 Å². The molecule has 1 aromatic rings. The number of carbonyl (C=O) groups is 1. The first-order valence-electron chi connectivity index (χ1n) is 6.74. The molecule has 1 aromatic carbocycles. The first kappa shape index (κ1) is 15.6. The van der Waals surface area contributed by atoms with Gasteiger partial charge in [0.15, 0.2) is 17.9 Å². The van der Waals surface area contributed by atoms with Crippen LogP contribution in [0.2, 0.25) is 0 Å². The molecule has 0 saturated heterocycles. The predicted molar refractivity (Wildman–Crippen MR) is 72.1 cm³/mol. The minimum absolute atomic E-state index is 0.0453. The van der Waals surface area contributed by atoms with Gasteiger partial charge in [-0.25, -0.2) is 4.39 Å². The predicted octanol–water partition coefficient (Wildman–Crippen LogP) is 3.65. The van der Waals surface area contributed by atoms with E-state index in [1.807, 2.05) is 13.8 Å². The van der Waals surface area contributed by atoms with Gasteiger partial charge in [-0.2, -0.15) is 0 Å². The number of unbranched alkanes of at least 4 members (excludes halogenated alkanes) is 1. The molecule has 0 spiro atoms. The number of hydrogen-bond donors (Lipinski definition) is 1. The van der Waals surface area contributed by atoms with Gasteiger partial charge in [-0.1, -0.05) is 32.8 Å². The molecule has 1 N–H and O–H groups in total. The SMILES string of the molecule is CCCCOc1c(C=O)ccc(C(O)CCC)c1F. The lowest BCUT2D eigenvalue weighted by molar-refractivity contribution is 0.111. The molecule has 0 bridgehead atoms. The van der Waals surface area contributed by atoms with E-state index in [1.165, 1.54) is 12.1 Å². The van der Waals surface area contributed by atoms with Gasteiger partial charge in [0.2, 0.25) is 0 Å². The summed E-state index contributed by atoms with van der Waals surface area (Å²) in [5, 5.41) is 9.88. The molecule has 0 aromatic heterocycles. The Kier molecular flexibility index (Phi) is 6.50. The van der Waals surface area contributed by atoms with E-state index < -0.39 is 11.9 Å². The Labute approximate surface area is 113 Å². The van der Waals surface area contributed by atoms with Crippen LogP contribution in [0.25, 0.3) is 0 Å². The average Bonchev–Trinajstić information content (AvgIpc) is 2.40. The molecule has 0 saturated carbocycles. The Morgan fingerprint density at radius 3 is 2.68 bits per heavy atom. The van der Waals surface area contributed by atoms with Crippen molar-refractivity contribution in [2.24, 2.45) is 0 Å². The van der Waals surface area contributed by atoms with Gasteiger partial charge >= 0.3 is 0 Å². The Balaban J connectivity index is 3.03. The second kappa shape index (κ2) is 7.89. The molecule has 1 unspecified atom stereocenters. The maximum atomic E-state index is 14.3. The van der Waals surface area contributed by atoms with Crippen molar-refractivity contribution in [3.8, 4) is 5.75 Å². The number of aldehydes is 1. The van der Waals surface area contributed by atoms with Crippen LogP contribution in [0, 0.1) is 5.82 Å². The normalized spacial score (nSPS) is 12.2. The fourth-order valence-corrected chi connectivity index (χ4v) is 1.83. The number of hydrogen-bond acceptors (Lipinski definition) is 3. The highest BCUT2D eigenvalue weighted by Gasteiger charge is 2.19. The molecule has 4 heteroatoms. The average molecular weight is 268 g/mol. The zero-order chi connectivity index (χ0) is 14.3. The van der Waals surface area contributed by atoms with Crippen LogP contribution in [0.3, 0.4) is 0 Å². The smallest absolute Gasteiger partial charge is 0.171 e. The van der Waals surface area contributed by atoms with Crippen LogP contribution in [0.4, 0.5) is 4.39 Å². The van der Waals surface area contributed by atoms with Crippen LogP contribution in [-0.2, 0) is 0 Å². The van der Waals surface area contributed by atoms with Gasteiger partial charge in [0.1, 0.15) is 0 Å². The number of halogens is 1. The zero-order valence-corrected chi connectivity index (χ0v) is 11.5. The monoisotopic (exact) mass is 268 g/mol. The summed E-state index contributed by atoms with van der Waals surface area (Å²) in [7, 11) is 0. The van der Waals surface area contributed by atoms with Crippen LogP contribution in [0.15, 0.2) is 12.1 Å². The van der Waals surface area contributed by atoms with Gasteiger partial charge in [0, 0.05) is 5.56 Å². The van der Waals surface area contributed by atoms with Crippen LogP contribution >= 0.6 is 0 Å². The topological polar surface area (TPSA) is 46.5 Å². The van der Waals surface area contributed by atoms with E-state index in [9.17, 15) is 14.3 Å². The van der Waals surface area contributed by atoms with Crippen molar-refractivity contribution in [2.45, 2.75) is 45.6 Å². The molecule has 0 radical (unpaired) electrons. The zero-order valence-electron chi connectivity index (χ0n) is 11.5. The van der Waals surface area contributed by atoms with Gasteiger partial charge in [-0.15, -0.1) is 0 Å². The fourth-order valence-electron chi connectivity index (χ4n) is 1.83. The molecule has 0 fully saturated rings. The standard InChI is InChI=1S/C15H21FO3/c1-3-5-9-19-15-11(10-17)7-8-12(14(15)16)13(18)6-4-2/h7-8,10,13,18H,3-6,9H2,1-2H3. The van der Waals surface area contributed by atoms with Crippen molar-refractivity contribution >= 4 is 6.29 Å². The van der Waals surface area contributed by atoms with Crippen molar-refractivity contribution in [3.05, 3.63) is 29.1 Å². The van der Waals surface area contributed by atoms with Crippen molar-refractivity contribution in [2.75, 3.05) is 6.61 Å². The molecule has 0 amide bonds. The van der Waals surface area contributed by atoms with E-state index >= 15 is 0 Å². The summed E-state index contributed by atoms with van der Waals surface area (Å²) in [5.41, 5.74) is 0.375. The highest BCUT2D eigenvalue weighted by molar-refractivity contribution is 5.79. The van der Waals surface area contributed by atoms with Crippen molar-refractivity contribution in [1.82, 2.24) is 0 Å². The van der Waals surface area contributed by atoms with E-state index in [-0.39, 0.29) is 16.9 Å². The lowest BCUT2D eigenvalue weighted by Crippen LogP contribution is -2.07. The number of aliphatic hydroxyl groups excluding tert-OH is 1. The van der Waals surface area contributed by atoms with Crippen LogP contribution in [0.1, 0.15) is 61.6 Å². The quantitative estimate of drug-likeness (QED) is 0.578. The third-order valence-corrected chi connectivity index (χ3v) is 2.95. The van der Waals surface area contributed by atoms with Gasteiger partial charge < -0.3 is 9.84 Å². The lowest BCUT2D eigenvalue weighted by atomic mass is 10.0. The molecule has 0 aliphatic carbocycles. The molecule has 1 atom stereocenters. The van der Waals surface area contributed by atoms with Crippen molar-refractivity contribution in [3.63, 3.8) is 0 Å². The fraction of sp³-hybridized carbons (Fsp3) is 0.533. The third-order valence-electron chi connectivity index (χ3n) is 2.95. The van der Waals surface area contributed by atoms with Crippen LogP contribution in [-0.4, -0.2) is 18.0 Å². The molecule has 19 heavy (non-hydrogen) atoms. The van der Waals surface area contributed by atoms with Gasteiger partial charge in [-0.3, -0.25) is 4.79 Å². The maximum Gasteiger partial charge on any atom is 0.171 e. The van der Waals surface area contributed by atoms with Crippen LogP contribution < -0.4 is 4.74 Å². The summed E-state index contributed by atoms with van der Waals surface area (Å²) in [4.78, 5) is 10.9. The summed E-state index contributed by atoms with van der Waals surface area (Å²) >= 11 is 0. The van der Waals surface area contributed by atoms with Crippen LogP contribution in [0.5, 0.6) is 5.75 Å². The number of aliphatic hydroxyl groups is 1. The maximum absolute atomic E-state index is 14.3. The summed E-state index contributed by atoms with van der Waals surface area (Å²) < 4.78 is 19.6. The van der Waals surface area contributed by atoms with Crippen molar-refractivity contribution < 1.29 is 19.0 Å². The molecular weight excluding hydrogens is 247 g/mol. The second-order valence-corrected chi connectivity index (χ2v) is 4.51. The van der Waals surface area contributed by atoms with E-state index in [4.69, 9.17) is 4.74 Å². The molecule has 0 heterocycles. The first-order chi connectivity index (χ1) is 9.15. The summed E-state index contributed by atoms with van der Waals surface area (Å²) in [6, 6.07) is 2.94. The van der Waals surface area contributed by atoms with Crippen molar-refractivity contribution in [1.29, 1.82) is 0 Å². The Hall–Kier alpha value is -1.42. The number of benzene rings is 1. The Morgan fingerprint density at radius 2 is 2.11 bits per heavy atom. The highest BCUT2D eigenvalue weighted by atomic mass is 19.1. The minimum Gasteiger partial charge on any atom is -0.490 e. The molecule has 0 aliphatic rings. The second-order valence-electron chi connectivity index (χ2n) is 4.51. The van der Waals surface area contributed by atoms with E-state index in [1.54, 1.807) is 0 Å². The number of ether oxygens (including phenoxy) is 1. The number of carbonyl (C=O) groups excluding carboxylic acids is 1. The molecule has 1 rings (SSSR count). The highest BCUT2D eigenvalue weighted by Crippen LogP contribution is 2.30. The lowest BCUT2D eigenvalue weighted by Gasteiger charge is -2.15. The molecule has 106 valence electrons. The summed E-state index contributed by atoms with van der Waals surface area (Å²) in [6.45, 7) is 4.28. The third kappa shape index (κ3) is 4.03.